The Labute approximate surface area is 181 Å². The molecule has 2 N–H and O–H groups in total. The van der Waals surface area contributed by atoms with Gasteiger partial charge in [-0.05, 0) is 43.7 Å². The Morgan fingerprint density at radius 3 is 2.81 bits per heavy atom. The van der Waals surface area contributed by atoms with Crippen molar-refractivity contribution in [2.24, 2.45) is 10.9 Å². The Balaban J connectivity index is 0.00000364. The van der Waals surface area contributed by atoms with Crippen LogP contribution >= 0.6 is 35.3 Å². The second kappa shape index (κ2) is 12.0. The minimum atomic E-state index is -0.395. The van der Waals surface area contributed by atoms with E-state index in [1.807, 2.05) is 6.92 Å². The molecule has 27 heavy (non-hydrogen) atoms. The maximum absolute atomic E-state index is 11.7. The number of esters is 1. The highest BCUT2D eigenvalue weighted by molar-refractivity contribution is 14.0. The molecule has 0 aliphatic heterocycles. The molecule has 0 saturated heterocycles. The number of carbonyl (C=O) groups is 1. The lowest BCUT2D eigenvalue weighted by Gasteiger charge is -2.15. The summed E-state index contributed by atoms with van der Waals surface area (Å²) in [5.74, 6) is 2.01. The second-order valence-electron chi connectivity index (χ2n) is 6.14. The van der Waals surface area contributed by atoms with Crippen LogP contribution in [0, 0.1) is 12.8 Å². The quantitative estimate of drug-likeness (QED) is 0.246. The molecule has 8 heteroatoms. The third kappa shape index (κ3) is 7.53. The number of ether oxygens (including phenoxy) is 1. The van der Waals surface area contributed by atoms with Crippen molar-refractivity contribution < 1.29 is 13.9 Å². The number of hydrogen-bond donors (Lipinski definition) is 2. The van der Waals surface area contributed by atoms with E-state index < -0.39 is 5.97 Å². The Morgan fingerprint density at radius 2 is 2.19 bits per heavy atom. The highest BCUT2D eigenvalue weighted by Crippen LogP contribution is 2.16. The molecule has 2 rings (SSSR count). The van der Waals surface area contributed by atoms with Crippen LogP contribution in [0.2, 0.25) is 0 Å². The summed E-state index contributed by atoms with van der Waals surface area (Å²) in [5, 5.41) is 8.71. The fourth-order valence-corrected chi connectivity index (χ4v) is 3.42. The van der Waals surface area contributed by atoms with Crippen LogP contribution in [0.4, 0.5) is 0 Å². The van der Waals surface area contributed by atoms with Crippen molar-refractivity contribution in [3.8, 4) is 0 Å². The van der Waals surface area contributed by atoms with E-state index in [-0.39, 0.29) is 24.0 Å². The van der Waals surface area contributed by atoms with E-state index in [0.717, 1.165) is 25.5 Å². The monoisotopic (exact) mass is 505 g/mol. The highest BCUT2D eigenvalue weighted by Gasteiger charge is 2.15. The van der Waals surface area contributed by atoms with Crippen molar-refractivity contribution >= 4 is 47.2 Å². The summed E-state index contributed by atoms with van der Waals surface area (Å²) >= 11 is 1.79. The molecule has 1 unspecified atom stereocenters. The van der Waals surface area contributed by atoms with Crippen molar-refractivity contribution in [3.63, 3.8) is 0 Å². The summed E-state index contributed by atoms with van der Waals surface area (Å²) < 4.78 is 10.3. The average molecular weight is 505 g/mol. The molecule has 0 saturated carbocycles. The van der Waals surface area contributed by atoms with Gasteiger partial charge >= 0.3 is 5.97 Å². The molecule has 0 aliphatic carbocycles. The number of carbonyl (C=O) groups excluding carboxylic acids is 1. The first-order valence-electron chi connectivity index (χ1n) is 8.75. The van der Waals surface area contributed by atoms with Crippen LogP contribution in [0.1, 0.15) is 40.6 Å². The van der Waals surface area contributed by atoms with Crippen LogP contribution in [0.5, 0.6) is 0 Å². The van der Waals surface area contributed by atoms with Gasteiger partial charge in [0.05, 0.1) is 7.11 Å². The van der Waals surface area contributed by atoms with Crippen molar-refractivity contribution in [2.75, 3.05) is 20.2 Å². The number of hydrogen-bond acceptors (Lipinski definition) is 5. The van der Waals surface area contributed by atoms with Gasteiger partial charge in [0.1, 0.15) is 23.6 Å². The van der Waals surface area contributed by atoms with E-state index in [2.05, 4.69) is 40.1 Å². The number of thiophene rings is 1. The molecule has 2 aromatic rings. The first kappa shape index (κ1) is 23.5. The van der Waals surface area contributed by atoms with E-state index in [0.29, 0.717) is 29.5 Å². The lowest BCUT2D eigenvalue weighted by molar-refractivity contribution is 0.0599. The number of aryl methyl sites for hydroxylation is 1. The first-order chi connectivity index (χ1) is 12.5. The van der Waals surface area contributed by atoms with Gasteiger partial charge in [0, 0.05) is 18.0 Å². The Hall–Kier alpha value is -1.55. The number of guanidine groups is 1. The molecule has 2 aromatic heterocycles. The normalized spacial score (nSPS) is 12.2. The zero-order valence-electron chi connectivity index (χ0n) is 16.2. The van der Waals surface area contributed by atoms with Gasteiger partial charge in [0.15, 0.2) is 5.96 Å². The molecule has 0 bridgehead atoms. The lowest BCUT2D eigenvalue weighted by Crippen LogP contribution is -2.39. The molecule has 6 nitrogen and oxygen atoms in total. The van der Waals surface area contributed by atoms with Crippen LogP contribution in [0.3, 0.4) is 0 Å². The predicted molar refractivity (Wildman–Crippen MR) is 120 cm³/mol. The number of aliphatic imine (C=N–C) groups is 1. The minimum Gasteiger partial charge on any atom is -0.465 e. The number of furan rings is 1. The number of nitrogens with one attached hydrogen (secondary N) is 2. The number of rotatable bonds is 8. The van der Waals surface area contributed by atoms with Crippen LogP contribution in [-0.4, -0.2) is 32.1 Å². The zero-order valence-corrected chi connectivity index (χ0v) is 19.4. The standard InChI is InChI=1S/C19H27N3O3S.HI/c1-5-20-19(21-11-13(2)9-16-7-6-8-26-16)22-12-15-10-17(14(3)25-15)18(23)24-4;/h6-8,10,13H,5,9,11-12H2,1-4H3,(H2,20,21,22);1H. The third-order valence-electron chi connectivity index (χ3n) is 3.86. The van der Waals surface area contributed by atoms with Gasteiger partial charge < -0.3 is 19.8 Å². The smallest absolute Gasteiger partial charge is 0.341 e. The summed E-state index contributed by atoms with van der Waals surface area (Å²) in [5.41, 5.74) is 0.445. The molecule has 0 radical (unpaired) electrons. The Bertz CT molecular complexity index is 729. The van der Waals surface area contributed by atoms with E-state index in [4.69, 9.17) is 9.15 Å². The van der Waals surface area contributed by atoms with Gasteiger partial charge in [-0.15, -0.1) is 35.3 Å². The fraction of sp³-hybridized carbons (Fsp3) is 0.474. The number of halogens is 1. The van der Waals surface area contributed by atoms with E-state index in [9.17, 15) is 4.79 Å². The average Bonchev–Trinajstić information content (AvgIpc) is 3.26. The fourth-order valence-electron chi connectivity index (χ4n) is 2.55. The largest absolute Gasteiger partial charge is 0.465 e. The Kier molecular flexibility index (Phi) is 10.5. The van der Waals surface area contributed by atoms with Crippen LogP contribution in [0.25, 0.3) is 0 Å². The SMILES string of the molecule is CCNC(=NCc1cc(C(=O)OC)c(C)o1)NCC(C)Cc1cccs1.I. The van der Waals surface area contributed by atoms with Crippen molar-refractivity contribution in [1.29, 1.82) is 0 Å². The van der Waals surface area contributed by atoms with Gasteiger partial charge in [0.25, 0.3) is 0 Å². The molecular weight excluding hydrogens is 477 g/mol. The summed E-state index contributed by atoms with van der Waals surface area (Å²) in [6.45, 7) is 7.94. The molecular formula is C19H28IN3O3S. The van der Waals surface area contributed by atoms with Crippen molar-refractivity contribution in [3.05, 3.63) is 45.5 Å². The van der Waals surface area contributed by atoms with Crippen molar-refractivity contribution in [2.45, 2.75) is 33.7 Å². The number of methoxy groups -OCH3 is 1. The third-order valence-corrected chi connectivity index (χ3v) is 4.76. The summed E-state index contributed by atoms with van der Waals surface area (Å²) in [6, 6.07) is 5.94. The van der Waals surface area contributed by atoms with Crippen LogP contribution < -0.4 is 10.6 Å². The van der Waals surface area contributed by atoms with Gasteiger partial charge in [-0.2, -0.15) is 0 Å². The Morgan fingerprint density at radius 1 is 1.41 bits per heavy atom. The molecule has 0 amide bonds. The molecule has 0 spiro atoms. The first-order valence-corrected chi connectivity index (χ1v) is 9.63. The second-order valence-corrected chi connectivity index (χ2v) is 7.17. The van der Waals surface area contributed by atoms with Crippen LogP contribution in [-0.2, 0) is 17.7 Å². The molecule has 2 heterocycles. The molecule has 150 valence electrons. The summed E-state index contributed by atoms with van der Waals surface area (Å²) in [4.78, 5) is 17.6. The van der Waals surface area contributed by atoms with E-state index in [1.54, 1.807) is 24.3 Å². The predicted octanol–water partition coefficient (Wildman–Crippen LogP) is 3.99. The molecule has 1 atom stereocenters. The molecule has 0 aliphatic rings. The van der Waals surface area contributed by atoms with Gasteiger partial charge in [0.2, 0.25) is 0 Å². The van der Waals surface area contributed by atoms with Gasteiger partial charge in [-0.1, -0.05) is 13.0 Å². The highest BCUT2D eigenvalue weighted by atomic mass is 127. The molecule has 0 fully saturated rings. The van der Waals surface area contributed by atoms with E-state index in [1.165, 1.54) is 12.0 Å². The van der Waals surface area contributed by atoms with Crippen molar-refractivity contribution in [1.82, 2.24) is 10.6 Å². The topological polar surface area (TPSA) is 75.9 Å². The summed E-state index contributed by atoms with van der Waals surface area (Å²) in [7, 11) is 1.36. The zero-order chi connectivity index (χ0) is 18.9. The maximum atomic E-state index is 11.7. The van der Waals surface area contributed by atoms with Gasteiger partial charge in [-0.3, -0.25) is 0 Å². The lowest BCUT2D eigenvalue weighted by atomic mass is 10.1. The van der Waals surface area contributed by atoms with E-state index >= 15 is 0 Å². The minimum absolute atomic E-state index is 0. The van der Waals surface area contributed by atoms with Gasteiger partial charge in [-0.25, -0.2) is 9.79 Å². The maximum Gasteiger partial charge on any atom is 0.341 e. The molecule has 0 aromatic carbocycles. The number of nitrogens with zero attached hydrogens (tertiary/aromatic N) is 1. The van der Waals surface area contributed by atoms with Crippen LogP contribution in [0.15, 0.2) is 33.0 Å². The summed E-state index contributed by atoms with van der Waals surface area (Å²) in [6.07, 6.45) is 1.05.